The SMILES string of the molecule is Cc1ccc(F)c(Nc2ccc(C(=O)O)cc2)c1F. The quantitative estimate of drug-likeness (QED) is 0.887. The average Bonchev–Trinajstić information content (AvgIpc) is 2.40. The normalized spacial score (nSPS) is 10.3. The van der Waals surface area contributed by atoms with Crippen LogP contribution in [0.1, 0.15) is 15.9 Å². The van der Waals surface area contributed by atoms with Crippen LogP contribution in [0.2, 0.25) is 0 Å². The topological polar surface area (TPSA) is 49.3 Å². The maximum Gasteiger partial charge on any atom is 0.335 e. The Bertz CT molecular complexity index is 624. The number of carboxylic acid groups (broad SMARTS) is 1. The molecule has 0 spiro atoms. The molecule has 0 saturated carbocycles. The fourth-order valence-electron chi connectivity index (χ4n) is 1.61. The Balaban J connectivity index is 2.31. The van der Waals surface area contributed by atoms with Crippen molar-refractivity contribution < 1.29 is 18.7 Å². The van der Waals surface area contributed by atoms with Crippen molar-refractivity contribution in [3.05, 3.63) is 59.2 Å². The van der Waals surface area contributed by atoms with E-state index < -0.39 is 17.6 Å². The average molecular weight is 263 g/mol. The lowest BCUT2D eigenvalue weighted by Gasteiger charge is -2.10. The molecule has 0 radical (unpaired) electrons. The van der Waals surface area contributed by atoms with Gasteiger partial charge < -0.3 is 10.4 Å². The molecule has 0 unspecified atom stereocenters. The Hall–Kier alpha value is -2.43. The summed E-state index contributed by atoms with van der Waals surface area (Å²) in [6.45, 7) is 1.54. The highest BCUT2D eigenvalue weighted by Gasteiger charge is 2.11. The van der Waals surface area contributed by atoms with Crippen LogP contribution in [0, 0.1) is 18.6 Å². The lowest BCUT2D eigenvalue weighted by Crippen LogP contribution is -2.00. The summed E-state index contributed by atoms with van der Waals surface area (Å²) in [7, 11) is 0. The second kappa shape index (κ2) is 5.06. The smallest absolute Gasteiger partial charge is 0.335 e. The largest absolute Gasteiger partial charge is 0.478 e. The number of benzene rings is 2. The Morgan fingerprint density at radius 1 is 1.11 bits per heavy atom. The number of halogens is 2. The number of rotatable bonds is 3. The van der Waals surface area contributed by atoms with Gasteiger partial charge >= 0.3 is 5.97 Å². The molecule has 3 nitrogen and oxygen atoms in total. The summed E-state index contributed by atoms with van der Waals surface area (Å²) >= 11 is 0. The van der Waals surface area contributed by atoms with Crippen molar-refractivity contribution in [2.24, 2.45) is 0 Å². The van der Waals surface area contributed by atoms with Crippen molar-refractivity contribution in [2.45, 2.75) is 6.92 Å². The Morgan fingerprint density at radius 2 is 1.74 bits per heavy atom. The van der Waals surface area contributed by atoms with Gasteiger partial charge in [-0.15, -0.1) is 0 Å². The minimum absolute atomic E-state index is 0.107. The molecule has 0 aromatic heterocycles. The molecule has 2 N–H and O–H groups in total. The second-order valence-corrected chi connectivity index (χ2v) is 4.06. The number of aromatic carboxylic acids is 1. The summed E-state index contributed by atoms with van der Waals surface area (Å²) in [5.41, 5.74) is 0.596. The molecule has 0 aliphatic carbocycles. The second-order valence-electron chi connectivity index (χ2n) is 4.06. The summed E-state index contributed by atoms with van der Waals surface area (Å²) in [6, 6.07) is 8.14. The van der Waals surface area contributed by atoms with Gasteiger partial charge in [0.05, 0.1) is 5.56 Å². The number of hydrogen-bond donors (Lipinski definition) is 2. The van der Waals surface area contributed by atoms with Crippen LogP contribution in [0.25, 0.3) is 0 Å². The van der Waals surface area contributed by atoms with E-state index in [1.165, 1.54) is 43.3 Å². The molecule has 98 valence electrons. The van der Waals surface area contributed by atoms with Crippen molar-refractivity contribution in [2.75, 3.05) is 5.32 Å². The van der Waals surface area contributed by atoms with Gasteiger partial charge in [0.1, 0.15) is 11.5 Å². The predicted molar refractivity (Wildman–Crippen MR) is 67.8 cm³/mol. The van der Waals surface area contributed by atoms with E-state index in [-0.39, 0.29) is 11.3 Å². The van der Waals surface area contributed by atoms with Crippen LogP contribution in [-0.4, -0.2) is 11.1 Å². The van der Waals surface area contributed by atoms with Gasteiger partial charge in [-0.25, -0.2) is 13.6 Å². The van der Waals surface area contributed by atoms with E-state index >= 15 is 0 Å². The zero-order valence-corrected chi connectivity index (χ0v) is 10.1. The van der Waals surface area contributed by atoms with E-state index in [4.69, 9.17) is 5.11 Å². The molecule has 19 heavy (non-hydrogen) atoms. The summed E-state index contributed by atoms with van der Waals surface area (Å²) in [5, 5.41) is 11.4. The first-order chi connectivity index (χ1) is 8.99. The minimum Gasteiger partial charge on any atom is -0.478 e. The summed E-state index contributed by atoms with van der Waals surface area (Å²) in [6.07, 6.45) is 0. The van der Waals surface area contributed by atoms with E-state index in [0.717, 1.165) is 0 Å². The molecule has 0 fully saturated rings. The van der Waals surface area contributed by atoms with Gasteiger partial charge in [-0.05, 0) is 42.8 Å². The fourth-order valence-corrected chi connectivity index (χ4v) is 1.61. The third-order valence-electron chi connectivity index (χ3n) is 2.69. The lowest BCUT2D eigenvalue weighted by atomic mass is 10.1. The molecule has 0 amide bonds. The maximum atomic E-state index is 13.8. The van der Waals surface area contributed by atoms with Gasteiger partial charge in [0.15, 0.2) is 5.82 Å². The number of hydrogen-bond acceptors (Lipinski definition) is 2. The molecule has 0 heterocycles. The monoisotopic (exact) mass is 263 g/mol. The van der Waals surface area contributed by atoms with Crippen LogP contribution < -0.4 is 5.32 Å². The van der Waals surface area contributed by atoms with Crippen molar-refractivity contribution in [1.82, 2.24) is 0 Å². The van der Waals surface area contributed by atoms with E-state index in [1.54, 1.807) is 0 Å². The highest BCUT2D eigenvalue weighted by molar-refractivity contribution is 5.88. The van der Waals surface area contributed by atoms with Gasteiger partial charge in [0, 0.05) is 5.69 Å². The van der Waals surface area contributed by atoms with Crippen molar-refractivity contribution >= 4 is 17.3 Å². The third-order valence-corrected chi connectivity index (χ3v) is 2.69. The molecule has 5 heteroatoms. The summed E-state index contributed by atoms with van der Waals surface area (Å²) in [4.78, 5) is 10.7. The van der Waals surface area contributed by atoms with Crippen LogP contribution in [0.4, 0.5) is 20.2 Å². The van der Waals surface area contributed by atoms with Gasteiger partial charge in [0.25, 0.3) is 0 Å². The highest BCUT2D eigenvalue weighted by atomic mass is 19.1. The third kappa shape index (κ3) is 2.70. The van der Waals surface area contributed by atoms with E-state index in [9.17, 15) is 13.6 Å². The van der Waals surface area contributed by atoms with E-state index in [0.29, 0.717) is 11.3 Å². The standard InChI is InChI=1S/C14H11F2NO2/c1-8-2-7-11(15)13(12(8)16)17-10-5-3-9(4-6-10)14(18)19/h2-7,17H,1H3,(H,18,19). The number of carboxylic acids is 1. The zero-order chi connectivity index (χ0) is 14.0. The molecule has 0 atom stereocenters. The van der Waals surface area contributed by atoms with E-state index in [2.05, 4.69) is 5.32 Å². The molecule has 2 aromatic carbocycles. The predicted octanol–water partition coefficient (Wildman–Crippen LogP) is 3.72. The number of carbonyl (C=O) groups is 1. The molecule has 2 rings (SSSR count). The minimum atomic E-state index is -1.06. The molecular formula is C14H11F2NO2. The Morgan fingerprint density at radius 3 is 2.32 bits per heavy atom. The van der Waals surface area contributed by atoms with Crippen LogP contribution in [0.3, 0.4) is 0 Å². The lowest BCUT2D eigenvalue weighted by molar-refractivity contribution is 0.0697. The molecule has 0 bridgehead atoms. The molecule has 0 saturated heterocycles. The highest BCUT2D eigenvalue weighted by Crippen LogP contribution is 2.25. The Labute approximate surface area is 108 Å². The molecule has 2 aromatic rings. The molecule has 0 aliphatic rings. The fraction of sp³-hybridized carbons (Fsp3) is 0.0714. The van der Waals surface area contributed by atoms with Crippen LogP contribution in [0.5, 0.6) is 0 Å². The van der Waals surface area contributed by atoms with Crippen molar-refractivity contribution in [3.63, 3.8) is 0 Å². The first-order valence-electron chi connectivity index (χ1n) is 5.54. The zero-order valence-electron chi connectivity index (χ0n) is 10.1. The van der Waals surface area contributed by atoms with Crippen molar-refractivity contribution in [3.8, 4) is 0 Å². The summed E-state index contributed by atoms with van der Waals surface area (Å²) in [5.74, 6) is -2.42. The number of anilines is 2. The van der Waals surface area contributed by atoms with Gasteiger partial charge in [-0.3, -0.25) is 0 Å². The first kappa shape index (κ1) is 13.0. The van der Waals surface area contributed by atoms with Crippen LogP contribution >= 0.6 is 0 Å². The first-order valence-corrected chi connectivity index (χ1v) is 5.54. The van der Waals surface area contributed by atoms with Gasteiger partial charge in [-0.2, -0.15) is 0 Å². The maximum absolute atomic E-state index is 13.8. The van der Waals surface area contributed by atoms with Gasteiger partial charge in [0.2, 0.25) is 0 Å². The van der Waals surface area contributed by atoms with Crippen LogP contribution in [-0.2, 0) is 0 Å². The number of nitrogens with one attached hydrogen (secondary N) is 1. The number of aryl methyl sites for hydroxylation is 1. The van der Waals surface area contributed by atoms with Gasteiger partial charge in [-0.1, -0.05) is 6.07 Å². The summed E-state index contributed by atoms with van der Waals surface area (Å²) < 4.78 is 27.3. The Kier molecular flexibility index (Phi) is 3.46. The molecular weight excluding hydrogens is 252 g/mol. The van der Waals surface area contributed by atoms with E-state index in [1.807, 2.05) is 0 Å². The van der Waals surface area contributed by atoms with Crippen LogP contribution in [0.15, 0.2) is 36.4 Å². The molecule has 0 aliphatic heterocycles. The van der Waals surface area contributed by atoms with Crippen molar-refractivity contribution in [1.29, 1.82) is 0 Å².